The lowest BCUT2D eigenvalue weighted by atomic mass is 10.2. The van der Waals surface area contributed by atoms with Crippen LogP contribution in [0.2, 0.25) is 0 Å². The van der Waals surface area contributed by atoms with E-state index in [0.29, 0.717) is 17.0 Å². The quantitative estimate of drug-likeness (QED) is 0.565. The van der Waals surface area contributed by atoms with E-state index in [1.54, 1.807) is 43.5 Å². The largest absolute Gasteiger partial charge is 0.496 e. The Balaban J connectivity index is 1.92. The van der Waals surface area contributed by atoms with Gasteiger partial charge in [-0.25, -0.2) is 0 Å². The summed E-state index contributed by atoms with van der Waals surface area (Å²) in [5.74, 6) is -0.220. The smallest absolute Gasteiger partial charge is 0.250 e. The van der Waals surface area contributed by atoms with Crippen LogP contribution >= 0.6 is 12.2 Å². The Morgan fingerprint density at radius 2 is 1.80 bits per heavy atom. The average molecular weight is 355 g/mol. The van der Waals surface area contributed by atoms with Gasteiger partial charge in [0.2, 0.25) is 11.8 Å². The van der Waals surface area contributed by atoms with Crippen molar-refractivity contribution in [2.24, 2.45) is 5.73 Å². The minimum absolute atomic E-state index is 0.140. The zero-order chi connectivity index (χ0) is 18.2. The van der Waals surface area contributed by atoms with Gasteiger partial charge >= 0.3 is 0 Å². The number of thiocarbonyl (C=S) groups is 1. The third kappa shape index (κ3) is 5.43. The van der Waals surface area contributed by atoms with Crippen LogP contribution in [0.15, 0.2) is 54.6 Å². The molecule has 2 aromatic carbocycles. The second-order valence-corrected chi connectivity index (χ2v) is 5.37. The Morgan fingerprint density at radius 1 is 1.12 bits per heavy atom. The third-order valence-electron chi connectivity index (χ3n) is 3.22. The monoisotopic (exact) mass is 355 g/mol. The maximum Gasteiger partial charge on any atom is 0.250 e. The van der Waals surface area contributed by atoms with E-state index in [2.05, 4.69) is 10.6 Å². The highest BCUT2D eigenvalue weighted by Crippen LogP contribution is 2.18. The molecular weight excluding hydrogens is 338 g/mol. The number of nitrogens with two attached hydrogens (primary N) is 1. The normalized spacial score (nSPS) is 10.3. The number of benzene rings is 2. The van der Waals surface area contributed by atoms with Crippen molar-refractivity contribution in [2.75, 3.05) is 12.4 Å². The van der Waals surface area contributed by atoms with Crippen molar-refractivity contribution < 1.29 is 14.3 Å². The molecule has 2 amide bonds. The van der Waals surface area contributed by atoms with Crippen molar-refractivity contribution in [3.63, 3.8) is 0 Å². The van der Waals surface area contributed by atoms with E-state index in [1.807, 2.05) is 18.2 Å². The number of methoxy groups -OCH3 is 1. The van der Waals surface area contributed by atoms with Gasteiger partial charge in [-0.1, -0.05) is 18.2 Å². The number of primary amides is 1. The standard InChI is InChI=1S/C18H17N3O3S/c1-24-15-5-3-2-4-12(15)8-11-16(22)21-18(25)20-14-9-6-13(7-10-14)17(19)23/h2-11H,1H3,(H2,19,23)(H2,20,21,22,25)/b11-8+. The fourth-order valence-electron chi connectivity index (χ4n) is 2.00. The van der Waals surface area contributed by atoms with Gasteiger partial charge in [0.05, 0.1) is 7.11 Å². The highest BCUT2D eigenvalue weighted by molar-refractivity contribution is 7.80. The molecule has 2 aromatic rings. The van der Waals surface area contributed by atoms with Gasteiger partial charge in [-0.15, -0.1) is 0 Å². The van der Waals surface area contributed by atoms with Crippen molar-refractivity contribution in [1.82, 2.24) is 5.32 Å². The van der Waals surface area contributed by atoms with Crippen LogP contribution in [0.4, 0.5) is 5.69 Å². The van der Waals surface area contributed by atoms with Gasteiger partial charge in [-0.3, -0.25) is 14.9 Å². The SMILES string of the molecule is COc1ccccc1/C=C/C(=O)NC(=S)Nc1ccc(C(N)=O)cc1. The molecule has 7 heteroatoms. The van der Waals surface area contributed by atoms with Crippen molar-refractivity contribution in [3.8, 4) is 5.75 Å². The lowest BCUT2D eigenvalue weighted by Crippen LogP contribution is -2.32. The highest BCUT2D eigenvalue weighted by Gasteiger charge is 2.04. The van der Waals surface area contributed by atoms with Crippen LogP contribution < -0.4 is 21.1 Å². The maximum absolute atomic E-state index is 11.9. The van der Waals surface area contributed by atoms with Crippen LogP contribution in [0, 0.1) is 0 Å². The number of rotatable bonds is 5. The van der Waals surface area contributed by atoms with E-state index in [0.717, 1.165) is 5.56 Å². The van der Waals surface area contributed by atoms with E-state index in [9.17, 15) is 9.59 Å². The van der Waals surface area contributed by atoms with E-state index in [4.69, 9.17) is 22.7 Å². The molecule has 0 radical (unpaired) electrons. The van der Waals surface area contributed by atoms with E-state index in [1.165, 1.54) is 6.08 Å². The van der Waals surface area contributed by atoms with Gasteiger partial charge in [0.15, 0.2) is 5.11 Å². The number of amides is 2. The van der Waals surface area contributed by atoms with E-state index >= 15 is 0 Å². The number of carbonyl (C=O) groups excluding carboxylic acids is 2. The van der Waals surface area contributed by atoms with Crippen LogP contribution in [0.25, 0.3) is 6.08 Å². The van der Waals surface area contributed by atoms with E-state index in [-0.39, 0.29) is 11.0 Å². The minimum Gasteiger partial charge on any atom is -0.496 e. The maximum atomic E-state index is 11.9. The number of para-hydroxylation sites is 1. The first-order chi connectivity index (χ1) is 12.0. The van der Waals surface area contributed by atoms with Crippen molar-refractivity contribution in [3.05, 3.63) is 65.7 Å². The summed E-state index contributed by atoms with van der Waals surface area (Å²) in [5, 5.41) is 5.52. The van der Waals surface area contributed by atoms with Crippen LogP contribution in [0.5, 0.6) is 5.75 Å². The van der Waals surface area contributed by atoms with Crippen molar-refractivity contribution in [1.29, 1.82) is 0 Å². The molecule has 0 aliphatic heterocycles. The second-order valence-electron chi connectivity index (χ2n) is 4.96. The minimum atomic E-state index is -0.510. The molecular formula is C18H17N3O3S. The molecule has 0 atom stereocenters. The van der Waals surface area contributed by atoms with Crippen LogP contribution in [0.1, 0.15) is 15.9 Å². The summed E-state index contributed by atoms with van der Waals surface area (Å²) in [6.45, 7) is 0. The molecule has 0 unspecified atom stereocenters. The Labute approximate surface area is 150 Å². The predicted octanol–water partition coefficient (Wildman–Crippen LogP) is 2.32. The summed E-state index contributed by atoms with van der Waals surface area (Å²) in [6.07, 6.45) is 3.00. The molecule has 0 aromatic heterocycles. The Morgan fingerprint density at radius 3 is 2.44 bits per heavy atom. The number of ether oxygens (including phenoxy) is 1. The third-order valence-corrected chi connectivity index (χ3v) is 3.42. The zero-order valence-corrected chi connectivity index (χ0v) is 14.3. The second kappa shape index (κ2) is 8.60. The molecule has 0 heterocycles. The molecule has 2 rings (SSSR count). The molecule has 0 aliphatic carbocycles. The molecule has 4 N–H and O–H groups in total. The van der Waals surface area contributed by atoms with Crippen molar-refractivity contribution in [2.45, 2.75) is 0 Å². The van der Waals surface area contributed by atoms with Gasteiger partial charge in [0, 0.05) is 22.9 Å². The van der Waals surface area contributed by atoms with Gasteiger partial charge < -0.3 is 15.8 Å². The predicted molar refractivity (Wildman–Crippen MR) is 101 cm³/mol. The summed E-state index contributed by atoms with van der Waals surface area (Å²) in [7, 11) is 1.56. The number of hydrogen-bond donors (Lipinski definition) is 3. The fraction of sp³-hybridized carbons (Fsp3) is 0.0556. The number of hydrogen-bond acceptors (Lipinski definition) is 4. The van der Waals surface area contributed by atoms with Gasteiger partial charge in [0.1, 0.15) is 5.75 Å². The summed E-state index contributed by atoms with van der Waals surface area (Å²) in [4.78, 5) is 22.9. The molecule has 0 spiro atoms. The molecule has 6 nitrogen and oxygen atoms in total. The first-order valence-corrected chi connectivity index (χ1v) is 7.73. The summed E-state index contributed by atoms with van der Waals surface area (Å²) >= 11 is 5.08. The molecule has 0 saturated heterocycles. The number of nitrogens with one attached hydrogen (secondary N) is 2. The van der Waals surface area contributed by atoms with Gasteiger partial charge in [-0.2, -0.15) is 0 Å². The highest BCUT2D eigenvalue weighted by atomic mass is 32.1. The van der Waals surface area contributed by atoms with Crippen LogP contribution in [-0.4, -0.2) is 24.0 Å². The zero-order valence-electron chi connectivity index (χ0n) is 13.5. The molecule has 0 aliphatic rings. The average Bonchev–Trinajstić information content (AvgIpc) is 2.60. The first kappa shape index (κ1) is 18.2. The Kier molecular flexibility index (Phi) is 6.25. The molecule has 128 valence electrons. The summed E-state index contributed by atoms with van der Waals surface area (Å²) in [6, 6.07) is 13.7. The van der Waals surface area contributed by atoms with Crippen LogP contribution in [-0.2, 0) is 4.79 Å². The van der Waals surface area contributed by atoms with Crippen LogP contribution in [0.3, 0.4) is 0 Å². The van der Waals surface area contributed by atoms with Crippen molar-refractivity contribution >= 4 is 40.9 Å². The number of anilines is 1. The fourth-order valence-corrected chi connectivity index (χ4v) is 2.22. The summed E-state index contributed by atoms with van der Waals surface area (Å²) < 4.78 is 5.21. The Hall–Kier alpha value is -3.19. The van der Waals surface area contributed by atoms with Gasteiger partial charge in [0.25, 0.3) is 0 Å². The topological polar surface area (TPSA) is 93.4 Å². The Bertz CT molecular complexity index is 817. The molecule has 0 saturated carbocycles. The lowest BCUT2D eigenvalue weighted by molar-refractivity contribution is -0.115. The molecule has 0 bridgehead atoms. The molecule has 25 heavy (non-hydrogen) atoms. The van der Waals surface area contributed by atoms with E-state index < -0.39 is 5.91 Å². The summed E-state index contributed by atoms with van der Waals surface area (Å²) in [5.41, 5.74) is 6.97. The lowest BCUT2D eigenvalue weighted by Gasteiger charge is -2.08. The van der Waals surface area contributed by atoms with Gasteiger partial charge in [-0.05, 0) is 48.6 Å². The first-order valence-electron chi connectivity index (χ1n) is 7.32. The number of carbonyl (C=O) groups is 2. The molecule has 0 fully saturated rings.